The molecule has 0 fully saturated rings. The predicted octanol–water partition coefficient (Wildman–Crippen LogP) is 3.01. The molecule has 0 saturated carbocycles. The van der Waals surface area contributed by atoms with Gasteiger partial charge in [-0.3, -0.25) is 4.79 Å². The van der Waals surface area contributed by atoms with Gasteiger partial charge in [-0.2, -0.15) is 0 Å². The van der Waals surface area contributed by atoms with E-state index in [4.69, 9.17) is 0 Å². The lowest BCUT2D eigenvalue weighted by molar-refractivity contribution is -0.121. The lowest BCUT2D eigenvalue weighted by Crippen LogP contribution is -2.31. The summed E-state index contributed by atoms with van der Waals surface area (Å²) >= 11 is 3.43. The Morgan fingerprint density at radius 1 is 1.33 bits per heavy atom. The maximum absolute atomic E-state index is 11.7. The van der Waals surface area contributed by atoms with Crippen LogP contribution in [0.4, 0.5) is 0 Å². The van der Waals surface area contributed by atoms with E-state index >= 15 is 0 Å². The minimum Gasteiger partial charge on any atom is -0.350 e. The third kappa shape index (κ3) is 5.65. The molecule has 1 aromatic carbocycles. The molecule has 0 aromatic heterocycles. The Kier molecular flexibility index (Phi) is 6.36. The minimum atomic E-state index is 0.0362. The van der Waals surface area contributed by atoms with Crippen LogP contribution in [0.25, 0.3) is 0 Å². The van der Waals surface area contributed by atoms with E-state index in [-0.39, 0.29) is 11.9 Å². The highest BCUT2D eigenvalue weighted by atomic mass is 79.9. The van der Waals surface area contributed by atoms with Crippen LogP contribution >= 0.6 is 15.9 Å². The molecule has 1 unspecified atom stereocenters. The van der Waals surface area contributed by atoms with Gasteiger partial charge in [-0.25, -0.2) is 0 Å². The smallest absolute Gasteiger partial charge is 0.221 e. The molecule has 0 aliphatic carbocycles. The summed E-state index contributed by atoms with van der Waals surface area (Å²) in [6.07, 6.45) is 0.510. The van der Waals surface area contributed by atoms with Crippen molar-refractivity contribution in [1.29, 1.82) is 0 Å². The maximum atomic E-state index is 11.7. The highest BCUT2D eigenvalue weighted by Gasteiger charge is 2.09. The van der Waals surface area contributed by atoms with Crippen LogP contribution < -0.4 is 10.6 Å². The van der Waals surface area contributed by atoms with Gasteiger partial charge in [-0.05, 0) is 24.6 Å². The molecule has 18 heavy (non-hydrogen) atoms. The molecule has 2 N–H and O–H groups in total. The van der Waals surface area contributed by atoms with E-state index in [9.17, 15) is 4.79 Å². The van der Waals surface area contributed by atoms with Crippen LogP contribution in [0.5, 0.6) is 0 Å². The van der Waals surface area contributed by atoms with Crippen molar-refractivity contribution in [2.24, 2.45) is 0 Å². The first kappa shape index (κ1) is 15.2. The van der Waals surface area contributed by atoms with Gasteiger partial charge in [0.25, 0.3) is 0 Å². The molecular formula is C14H21BrN2O. The minimum absolute atomic E-state index is 0.0362. The molecule has 0 saturated heterocycles. The van der Waals surface area contributed by atoms with Crippen LogP contribution in [-0.4, -0.2) is 18.5 Å². The predicted molar refractivity (Wildman–Crippen MR) is 78.5 cm³/mol. The standard InChI is InChI=1S/C14H21BrN2O/c1-10(2)16-8-7-14(18)17-11(3)12-5-4-6-13(15)9-12/h4-6,9-11,16H,7-8H2,1-3H3,(H,17,18). The quantitative estimate of drug-likeness (QED) is 0.847. The van der Waals surface area contributed by atoms with Crippen LogP contribution in [0.3, 0.4) is 0 Å². The van der Waals surface area contributed by atoms with Crippen molar-refractivity contribution in [2.75, 3.05) is 6.54 Å². The fourth-order valence-corrected chi connectivity index (χ4v) is 2.06. The van der Waals surface area contributed by atoms with Crippen molar-refractivity contribution in [1.82, 2.24) is 10.6 Å². The summed E-state index contributed by atoms with van der Waals surface area (Å²) in [4.78, 5) is 11.7. The SMILES string of the molecule is CC(C)NCCC(=O)NC(C)c1cccc(Br)c1. The molecule has 0 radical (unpaired) electrons. The highest BCUT2D eigenvalue weighted by Crippen LogP contribution is 2.17. The molecule has 1 atom stereocenters. The summed E-state index contributed by atoms with van der Waals surface area (Å²) in [7, 11) is 0. The third-order valence-electron chi connectivity index (χ3n) is 2.63. The zero-order chi connectivity index (χ0) is 13.5. The third-order valence-corrected chi connectivity index (χ3v) is 3.12. The number of amides is 1. The Labute approximate surface area is 117 Å². The van der Waals surface area contributed by atoms with E-state index in [2.05, 4.69) is 40.4 Å². The first-order chi connectivity index (χ1) is 8.49. The molecule has 0 aliphatic heterocycles. The first-order valence-electron chi connectivity index (χ1n) is 6.27. The number of carbonyl (C=O) groups excluding carboxylic acids is 1. The van der Waals surface area contributed by atoms with Gasteiger partial charge in [0.1, 0.15) is 0 Å². The van der Waals surface area contributed by atoms with Crippen molar-refractivity contribution in [2.45, 2.75) is 39.3 Å². The molecule has 3 nitrogen and oxygen atoms in total. The van der Waals surface area contributed by atoms with E-state index in [1.54, 1.807) is 0 Å². The second-order valence-electron chi connectivity index (χ2n) is 4.70. The van der Waals surface area contributed by atoms with Gasteiger partial charge in [0.2, 0.25) is 5.91 Å². The summed E-state index contributed by atoms with van der Waals surface area (Å²) < 4.78 is 1.03. The zero-order valence-corrected chi connectivity index (χ0v) is 12.8. The zero-order valence-electron chi connectivity index (χ0n) is 11.2. The Bertz CT molecular complexity index is 393. The topological polar surface area (TPSA) is 41.1 Å². The second kappa shape index (κ2) is 7.54. The lowest BCUT2D eigenvalue weighted by Gasteiger charge is -2.15. The average molecular weight is 313 g/mol. The summed E-state index contributed by atoms with van der Waals surface area (Å²) in [6, 6.07) is 8.45. The Balaban J connectivity index is 2.40. The molecule has 0 aliphatic rings. The van der Waals surface area contributed by atoms with Crippen molar-refractivity contribution < 1.29 is 4.79 Å². The summed E-state index contributed by atoms with van der Waals surface area (Å²) in [5.41, 5.74) is 1.11. The molecular weight excluding hydrogens is 292 g/mol. The molecule has 1 rings (SSSR count). The largest absolute Gasteiger partial charge is 0.350 e. The van der Waals surface area contributed by atoms with Crippen LogP contribution in [-0.2, 0) is 4.79 Å². The van der Waals surface area contributed by atoms with Crippen molar-refractivity contribution in [3.05, 3.63) is 34.3 Å². The van der Waals surface area contributed by atoms with Gasteiger partial charge in [-0.1, -0.05) is 41.9 Å². The van der Waals surface area contributed by atoms with Crippen LogP contribution in [0.2, 0.25) is 0 Å². The number of nitrogens with one attached hydrogen (secondary N) is 2. The fraction of sp³-hybridized carbons (Fsp3) is 0.500. The summed E-state index contributed by atoms with van der Waals surface area (Å²) in [6.45, 7) is 6.86. The van der Waals surface area contributed by atoms with E-state index in [0.717, 1.165) is 10.0 Å². The van der Waals surface area contributed by atoms with Gasteiger partial charge in [0, 0.05) is 23.5 Å². The van der Waals surface area contributed by atoms with E-state index in [1.807, 2.05) is 31.2 Å². The molecule has 1 aromatic rings. The first-order valence-corrected chi connectivity index (χ1v) is 7.06. The van der Waals surface area contributed by atoms with Gasteiger partial charge in [-0.15, -0.1) is 0 Å². The van der Waals surface area contributed by atoms with E-state index in [0.29, 0.717) is 19.0 Å². The van der Waals surface area contributed by atoms with Gasteiger partial charge in [0.15, 0.2) is 0 Å². The highest BCUT2D eigenvalue weighted by molar-refractivity contribution is 9.10. The average Bonchev–Trinajstić information content (AvgIpc) is 2.28. The molecule has 0 heterocycles. The molecule has 0 bridgehead atoms. The molecule has 4 heteroatoms. The van der Waals surface area contributed by atoms with Crippen LogP contribution in [0.15, 0.2) is 28.7 Å². The van der Waals surface area contributed by atoms with E-state index < -0.39 is 0 Å². The Morgan fingerprint density at radius 3 is 2.67 bits per heavy atom. The Morgan fingerprint density at radius 2 is 2.06 bits per heavy atom. The van der Waals surface area contributed by atoms with Crippen LogP contribution in [0, 0.1) is 0 Å². The number of benzene rings is 1. The molecule has 0 spiro atoms. The lowest BCUT2D eigenvalue weighted by atomic mass is 10.1. The monoisotopic (exact) mass is 312 g/mol. The number of rotatable bonds is 6. The van der Waals surface area contributed by atoms with Crippen molar-refractivity contribution in [3.8, 4) is 0 Å². The Hall–Kier alpha value is -0.870. The number of hydrogen-bond acceptors (Lipinski definition) is 2. The summed E-state index contributed by atoms with van der Waals surface area (Å²) in [5, 5.41) is 6.23. The number of carbonyl (C=O) groups is 1. The van der Waals surface area contributed by atoms with Crippen LogP contribution in [0.1, 0.15) is 38.8 Å². The van der Waals surface area contributed by atoms with E-state index in [1.165, 1.54) is 0 Å². The normalized spacial score (nSPS) is 12.5. The van der Waals surface area contributed by atoms with Crippen molar-refractivity contribution in [3.63, 3.8) is 0 Å². The molecule has 100 valence electrons. The van der Waals surface area contributed by atoms with Gasteiger partial charge in [0.05, 0.1) is 6.04 Å². The second-order valence-corrected chi connectivity index (χ2v) is 5.62. The summed E-state index contributed by atoms with van der Waals surface area (Å²) in [5.74, 6) is 0.0793. The van der Waals surface area contributed by atoms with Crippen molar-refractivity contribution >= 4 is 21.8 Å². The molecule has 1 amide bonds. The number of halogens is 1. The van der Waals surface area contributed by atoms with Gasteiger partial charge >= 0.3 is 0 Å². The fourth-order valence-electron chi connectivity index (χ4n) is 1.65. The number of hydrogen-bond donors (Lipinski definition) is 2. The maximum Gasteiger partial charge on any atom is 0.221 e. The van der Waals surface area contributed by atoms with Gasteiger partial charge < -0.3 is 10.6 Å².